The maximum atomic E-state index is 9.66. The average molecular weight is 618 g/mol. The molecule has 8 heteroatoms. The molecule has 0 saturated heterocycles. The Hall–Kier alpha value is -4.52. The van der Waals surface area contributed by atoms with Gasteiger partial charge in [-0.2, -0.15) is 0 Å². The van der Waals surface area contributed by atoms with Crippen LogP contribution < -0.4 is 4.74 Å². The fourth-order valence-electron chi connectivity index (χ4n) is 4.06. The summed E-state index contributed by atoms with van der Waals surface area (Å²) in [5, 5.41) is 18.2. The summed E-state index contributed by atoms with van der Waals surface area (Å²) in [6.07, 6.45) is 15.0. The number of phenols is 1. The number of phenolic OH excluding ortho intramolecular Hbond substituents is 1. The van der Waals surface area contributed by atoms with Crippen LogP contribution in [0.25, 0.3) is 34.5 Å². The zero-order chi connectivity index (χ0) is 31.4. The van der Waals surface area contributed by atoms with Crippen molar-refractivity contribution < 1.29 is 19.7 Å². The number of carboxylic acid groups (broad SMARTS) is 1. The van der Waals surface area contributed by atoms with Gasteiger partial charge in [0.1, 0.15) is 17.3 Å². The molecule has 3 aromatic carbocycles. The first-order chi connectivity index (χ1) is 20.6. The van der Waals surface area contributed by atoms with E-state index in [0.29, 0.717) is 16.6 Å². The molecule has 1 heterocycles. The number of aromatic hydroxyl groups is 1. The highest BCUT2D eigenvalue weighted by Gasteiger charge is 2.12. The molecule has 0 saturated carbocycles. The molecule has 2 N–H and O–H groups in total. The average Bonchev–Trinajstić information content (AvgIpc) is 3.36. The van der Waals surface area contributed by atoms with E-state index in [1.165, 1.54) is 0 Å². The van der Waals surface area contributed by atoms with Gasteiger partial charge in [-0.1, -0.05) is 79.2 Å². The molecule has 0 aliphatic heterocycles. The number of halogens is 2. The summed E-state index contributed by atoms with van der Waals surface area (Å²) < 4.78 is 7.67. The minimum Gasteiger partial charge on any atom is -0.508 e. The highest BCUT2D eigenvalue weighted by atomic mass is 35.5. The Morgan fingerprint density at radius 3 is 2.37 bits per heavy atom. The molecule has 0 spiro atoms. The van der Waals surface area contributed by atoms with E-state index in [-0.39, 0.29) is 5.75 Å². The fourth-order valence-corrected chi connectivity index (χ4v) is 4.56. The smallest absolute Gasteiger partial charge is 0.300 e. The minimum absolute atomic E-state index is 0.230. The number of allylic oxidation sites excluding steroid dienone is 5. The van der Waals surface area contributed by atoms with Gasteiger partial charge in [-0.3, -0.25) is 4.79 Å². The highest BCUT2D eigenvalue weighted by Crippen LogP contribution is 2.32. The van der Waals surface area contributed by atoms with E-state index in [1.54, 1.807) is 31.4 Å². The molecule has 0 aliphatic rings. The number of rotatable bonds is 10. The lowest BCUT2D eigenvalue weighted by atomic mass is 10.0. The van der Waals surface area contributed by atoms with Gasteiger partial charge in [0.25, 0.3) is 5.97 Å². The second-order valence-electron chi connectivity index (χ2n) is 9.45. The Balaban J connectivity index is 0.00000119. The Labute approximate surface area is 262 Å². The lowest BCUT2D eigenvalue weighted by molar-refractivity contribution is -0.134. The van der Waals surface area contributed by atoms with Crippen LogP contribution in [0.1, 0.15) is 31.7 Å². The number of aromatic nitrogens is 2. The van der Waals surface area contributed by atoms with Gasteiger partial charge in [-0.25, -0.2) is 4.98 Å². The molecule has 4 rings (SSSR count). The number of aliphatic carboxylic acids is 1. The van der Waals surface area contributed by atoms with Gasteiger partial charge < -0.3 is 19.5 Å². The van der Waals surface area contributed by atoms with Crippen molar-refractivity contribution in [3.63, 3.8) is 0 Å². The van der Waals surface area contributed by atoms with E-state index < -0.39 is 5.97 Å². The molecule has 6 nitrogen and oxygen atoms in total. The van der Waals surface area contributed by atoms with Crippen LogP contribution in [0.2, 0.25) is 10.0 Å². The summed E-state index contributed by atoms with van der Waals surface area (Å²) in [5.74, 6) is 0.878. The lowest BCUT2D eigenvalue weighted by Crippen LogP contribution is -2.00. The predicted molar refractivity (Wildman–Crippen MR) is 178 cm³/mol. The van der Waals surface area contributed by atoms with Crippen LogP contribution >= 0.6 is 23.2 Å². The van der Waals surface area contributed by atoms with E-state index in [0.717, 1.165) is 58.4 Å². The fraction of sp³-hybridized carbons (Fsp3) is 0.143. The molecule has 0 fully saturated rings. The van der Waals surface area contributed by atoms with Crippen molar-refractivity contribution >= 4 is 41.3 Å². The Morgan fingerprint density at radius 1 is 1.02 bits per heavy atom. The number of ether oxygens (including phenoxy) is 1. The monoisotopic (exact) mass is 616 g/mol. The van der Waals surface area contributed by atoms with Gasteiger partial charge in [-0.05, 0) is 77.7 Å². The van der Waals surface area contributed by atoms with Crippen molar-refractivity contribution in [1.82, 2.24) is 9.55 Å². The quantitative estimate of drug-likeness (QED) is 0.173. The summed E-state index contributed by atoms with van der Waals surface area (Å²) in [6, 6.07) is 18.5. The van der Waals surface area contributed by atoms with Gasteiger partial charge in [0.05, 0.1) is 17.8 Å². The molecule has 0 aliphatic carbocycles. The van der Waals surface area contributed by atoms with Gasteiger partial charge in [0, 0.05) is 35.8 Å². The minimum atomic E-state index is -0.833. The Kier molecular flexibility index (Phi) is 12.4. The molecule has 222 valence electrons. The molecule has 1 aromatic heterocycles. The molecule has 0 radical (unpaired) electrons. The van der Waals surface area contributed by atoms with Crippen molar-refractivity contribution in [3.8, 4) is 33.9 Å². The zero-order valence-electron chi connectivity index (χ0n) is 24.3. The van der Waals surface area contributed by atoms with Crippen molar-refractivity contribution in [2.75, 3.05) is 7.11 Å². The topological polar surface area (TPSA) is 84.6 Å². The van der Waals surface area contributed by atoms with Gasteiger partial charge in [0.2, 0.25) is 0 Å². The number of imidazole rings is 1. The van der Waals surface area contributed by atoms with Crippen LogP contribution in [0, 0.1) is 0 Å². The lowest BCUT2D eigenvalue weighted by Gasteiger charge is -2.09. The number of hydrogen-bond acceptors (Lipinski definition) is 4. The number of carboxylic acids is 1. The molecule has 0 unspecified atom stereocenters. The van der Waals surface area contributed by atoms with E-state index in [1.807, 2.05) is 77.5 Å². The molecule has 43 heavy (non-hydrogen) atoms. The maximum absolute atomic E-state index is 9.66. The molecule has 0 amide bonds. The van der Waals surface area contributed by atoms with Crippen LogP contribution in [0.5, 0.6) is 11.5 Å². The molecular formula is C35H34Cl2N2O4. The third-order valence-corrected chi connectivity index (χ3v) is 6.59. The SMILES string of the molecule is C=C(/C=C\C=C/CC)Cn1cc(-c2ccc(Cl)cc2Cl)nc1/C=C/c1cc(-c2ccc(O)cc2)ccc1OC.CC(=O)O. The van der Waals surface area contributed by atoms with E-state index in [4.69, 9.17) is 42.8 Å². The van der Waals surface area contributed by atoms with Crippen molar-refractivity contribution in [2.45, 2.75) is 26.8 Å². The normalized spacial score (nSPS) is 11.2. The van der Waals surface area contributed by atoms with Crippen molar-refractivity contribution in [1.29, 1.82) is 0 Å². The summed E-state index contributed by atoms with van der Waals surface area (Å²) in [4.78, 5) is 13.9. The van der Waals surface area contributed by atoms with Crippen LogP contribution in [0.3, 0.4) is 0 Å². The number of hydrogen-bond donors (Lipinski definition) is 2. The largest absolute Gasteiger partial charge is 0.508 e. The van der Waals surface area contributed by atoms with E-state index in [2.05, 4.69) is 19.6 Å². The first-order valence-corrected chi connectivity index (χ1v) is 14.3. The number of nitrogens with zero attached hydrogens (tertiary/aromatic N) is 2. The second-order valence-corrected chi connectivity index (χ2v) is 10.3. The molecule has 0 atom stereocenters. The van der Waals surface area contributed by atoms with Crippen LogP contribution in [-0.2, 0) is 11.3 Å². The second kappa shape index (κ2) is 16.2. The first kappa shape index (κ1) is 33.0. The first-order valence-electron chi connectivity index (χ1n) is 13.5. The summed E-state index contributed by atoms with van der Waals surface area (Å²) in [6.45, 7) is 7.96. The number of carbonyl (C=O) groups is 1. The molecule has 4 aromatic rings. The molecule has 0 bridgehead atoms. The summed E-state index contributed by atoms with van der Waals surface area (Å²) in [7, 11) is 1.65. The van der Waals surface area contributed by atoms with Gasteiger partial charge in [-0.15, -0.1) is 0 Å². The highest BCUT2D eigenvalue weighted by molar-refractivity contribution is 6.36. The predicted octanol–water partition coefficient (Wildman–Crippen LogP) is 9.58. The summed E-state index contributed by atoms with van der Waals surface area (Å²) in [5.41, 5.74) is 5.37. The number of methoxy groups -OCH3 is 1. The molecular weight excluding hydrogens is 583 g/mol. The van der Waals surface area contributed by atoms with Gasteiger partial charge >= 0.3 is 0 Å². The third kappa shape index (κ3) is 10.1. The van der Waals surface area contributed by atoms with E-state index >= 15 is 0 Å². The van der Waals surface area contributed by atoms with Crippen LogP contribution in [0.4, 0.5) is 0 Å². The maximum Gasteiger partial charge on any atom is 0.300 e. The van der Waals surface area contributed by atoms with Crippen molar-refractivity contribution in [3.05, 3.63) is 125 Å². The number of benzene rings is 3. The van der Waals surface area contributed by atoms with Crippen molar-refractivity contribution in [2.24, 2.45) is 0 Å². The summed E-state index contributed by atoms with van der Waals surface area (Å²) >= 11 is 12.6. The van der Waals surface area contributed by atoms with Crippen LogP contribution in [-0.4, -0.2) is 32.8 Å². The van der Waals surface area contributed by atoms with Crippen LogP contribution in [0.15, 0.2) is 103 Å². The third-order valence-electron chi connectivity index (χ3n) is 6.05. The Morgan fingerprint density at radius 2 is 1.72 bits per heavy atom. The van der Waals surface area contributed by atoms with E-state index in [9.17, 15) is 5.11 Å². The van der Waals surface area contributed by atoms with Gasteiger partial charge in [0.15, 0.2) is 0 Å². The standard InChI is InChI=1S/C33H30Cl2N2O2.C2H4O2/c1-4-5-6-7-8-23(2)21-37-22-31(29-16-13-27(34)20-30(29)35)36-33(37)18-12-26-19-25(11-17-32(26)39-3)24-9-14-28(38)15-10-24;1-2(3)4/h5-20,22,38H,2,4,21H2,1,3H3;1H3,(H,3,4)/b6-5-,8-7-,18-12+;. The Bertz CT molecular complexity index is 1650. The zero-order valence-corrected chi connectivity index (χ0v) is 25.8.